The van der Waals surface area contributed by atoms with Crippen LogP contribution in [0.1, 0.15) is 54.9 Å². The van der Waals surface area contributed by atoms with Crippen molar-refractivity contribution in [2.45, 2.75) is 60.4 Å². The lowest BCUT2D eigenvalue weighted by Crippen LogP contribution is -2.50. The van der Waals surface area contributed by atoms with Gasteiger partial charge in [0.1, 0.15) is 0 Å². The second-order valence-electron chi connectivity index (χ2n) is 6.19. The van der Waals surface area contributed by atoms with E-state index in [1.54, 1.807) is 0 Å². The summed E-state index contributed by atoms with van der Waals surface area (Å²) in [5.74, 6) is 0.600. The van der Waals surface area contributed by atoms with Crippen LogP contribution in [0.5, 0.6) is 0 Å². The van der Waals surface area contributed by atoms with Crippen LogP contribution in [-0.2, 0) is 0 Å². The van der Waals surface area contributed by atoms with Gasteiger partial charge in [-0.2, -0.15) is 0 Å². The molecule has 3 nitrogen and oxygen atoms in total. The molecule has 0 atom stereocenters. The van der Waals surface area contributed by atoms with Gasteiger partial charge in [0.2, 0.25) is 0 Å². The molecule has 0 radical (unpaired) electrons. The first-order valence-corrected chi connectivity index (χ1v) is 6.17. The Morgan fingerprint density at radius 1 is 1.19 bits per heavy atom. The summed E-state index contributed by atoms with van der Waals surface area (Å²) < 4.78 is 0. The number of rotatable bonds is 5. The highest BCUT2D eigenvalue weighted by molar-refractivity contribution is 5.74. The summed E-state index contributed by atoms with van der Waals surface area (Å²) in [6.45, 7) is 15.7. The topological polar surface area (TPSA) is 41.1 Å². The van der Waals surface area contributed by atoms with Crippen molar-refractivity contribution < 1.29 is 4.79 Å². The Bertz CT molecular complexity index is 232. The molecule has 0 heterocycles. The molecule has 0 aliphatic carbocycles. The summed E-state index contributed by atoms with van der Waals surface area (Å²) >= 11 is 0. The summed E-state index contributed by atoms with van der Waals surface area (Å²) in [6, 6.07) is -0.0768. The normalized spacial score (nSPS) is 12.8. The lowest BCUT2D eigenvalue weighted by atomic mass is 9.72. The zero-order valence-electron chi connectivity index (χ0n) is 11.9. The average Bonchev–Trinajstić information content (AvgIpc) is 1.99. The van der Waals surface area contributed by atoms with Crippen LogP contribution in [0.3, 0.4) is 0 Å². The van der Waals surface area contributed by atoms with E-state index in [0.717, 1.165) is 6.42 Å². The fraction of sp³-hybridized carbons (Fsp3) is 0.923. The Morgan fingerprint density at radius 2 is 1.69 bits per heavy atom. The Balaban J connectivity index is 4.39. The first-order valence-electron chi connectivity index (χ1n) is 6.17. The number of carbonyl (C=O) groups is 1. The third-order valence-corrected chi connectivity index (χ3v) is 3.25. The zero-order chi connectivity index (χ0) is 13.0. The van der Waals surface area contributed by atoms with Crippen LogP contribution in [0.2, 0.25) is 0 Å². The van der Waals surface area contributed by atoms with E-state index in [0.29, 0.717) is 12.5 Å². The number of hydrogen-bond acceptors (Lipinski definition) is 1. The fourth-order valence-electron chi connectivity index (χ4n) is 1.90. The Morgan fingerprint density at radius 3 is 2.06 bits per heavy atom. The number of carbonyl (C=O) groups excluding carboxylic acids is 1. The van der Waals surface area contributed by atoms with Gasteiger partial charge < -0.3 is 10.6 Å². The minimum atomic E-state index is -0.174. The van der Waals surface area contributed by atoms with Gasteiger partial charge in [0.25, 0.3) is 0 Å². The molecular weight excluding hydrogens is 200 g/mol. The highest BCUT2D eigenvalue weighted by Crippen LogP contribution is 2.34. The quantitative estimate of drug-likeness (QED) is 0.745. The number of amides is 2. The first-order chi connectivity index (χ1) is 7.10. The van der Waals surface area contributed by atoms with Gasteiger partial charge in [-0.05, 0) is 38.5 Å². The Kier molecular flexibility index (Phi) is 5.30. The van der Waals surface area contributed by atoms with E-state index in [1.165, 1.54) is 0 Å². The minimum Gasteiger partial charge on any atom is -0.338 e. The van der Waals surface area contributed by atoms with Crippen LogP contribution in [-0.4, -0.2) is 18.1 Å². The smallest absolute Gasteiger partial charge is 0.315 e. The van der Waals surface area contributed by atoms with Crippen LogP contribution in [0.25, 0.3) is 0 Å². The molecule has 0 rings (SSSR count). The molecule has 2 N–H and O–H groups in total. The molecular formula is C13H28N2O. The van der Waals surface area contributed by atoms with Crippen molar-refractivity contribution in [2.24, 2.45) is 11.3 Å². The van der Waals surface area contributed by atoms with Crippen molar-refractivity contribution in [2.75, 3.05) is 6.54 Å². The summed E-state index contributed by atoms with van der Waals surface area (Å²) in [5, 5.41) is 5.78. The lowest BCUT2D eigenvalue weighted by Gasteiger charge is -2.38. The summed E-state index contributed by atoms with van der Waals surface area (Å²) in [5.41, 5.74) is 0.0516. The van der Waals surface area contributed by atoms with Crippen molar-refractivity contribution in [1.29, 1.82) is 0 Å². The Hall–Kier alpha value is -0.730. The maximum atomic E-state index is 11.5. The second-order valence-corrected chi connectivity index (χ2v) is 6.19. The van der Waals surface area contributed by atoms with E-state index in [9.17, 15) is 4.79 Å². The maximum absolute atomic E-state index is 11.5. The highest BCUT2D eigenvalue weighted by Gasteiger charge is 2.32. The van der Waals surface area contributed by atoms with Crippen molar-refractivity contribution in [3.63, 3.8) is 0 Å². The van der Waals surface area contributed by atoms with Gasteiger partial charge in [-0.25, -0.2) is 4.79 Å². The summed E-state index contributed by atoms with van der Waals surface area (Å²) in [7, 11) is 0. The van der Waals surface area contributed by atoms with E-state index in [-0.39, 0.29) is 17.0 Å². The van der Waals surface area contributed by atoms with E-state index in [1.807, 2.05) is 6.92 Å². The zero-order valence-corrected chi connectivity index (χ0v) is 11.9. The van der Waals surface area contributed by atoms with Gasteiger partial charge in [-0.1, -0.05) is 27.7 Å². The average molecular weight is 228 g/mol. The van der Waals surface area contributed by atoms with Crippen molar-refractivity contribution in [1.82, 2.24) is 10.6 Å². The molecule has 0 unspecified atom stereocenters. The van der Waals surface area contributed by atoms with Crippen molar-refractivity contribution in [3.05, 3.63) is 0 Å². The van der Waals surface area contributed by atoms with Gasteiger partial charge in [0.05, 0.1) is 0 Å². The molecule has 0 saturated heterocycles. The van der Waals surface area contributed by atoms with Crippen LogP contribution in [0.4, 0.5) is 4.79 Å². The van der Waals surface area contributed by atoms with Gasteiger partial charge in [-0.15, -0.1) is 0 Å². The monoisotopic (exact) mass is 228 g/mol. The molecule has 96 valence electrons. The molecule has 2 amide bonds. The molecule has 0 aromatic heterocycles. The standard InChI is InChI=1S/C13H28N2O/c1-8-14-11(16)15-13(6,7)9-12(4,5)10(2)3/h10H,8-9H2,1-7H3,(H2,14,15,16). The van der Waals surface area contributed by atoms with Crippen molar-refractivity contribution >= 4 is 6.03 Å². The Labute approximate surface area is 100 Å². The van der Waals surface area contributed by atoms with Crippen LogP contribution in [0.15, 0.2) is 0 Å². The third kappa shape index (κ3) is 5.38. The van der Waals surface area contributed by atoms with Gasteiger partial charge >= 0.3 is 6.03 Å². The van der Waals surface area contributed by atoms with E-state index >= 15 is 0 Å². The first kappa shape index (κ1) is 15.3. The van der Waals surface area contributed by atoms with Gasteiger partial charge in [-0.3, -0.25) is 0 Å². The maximum Gasteiger partial charge on any atom is 0.315 e. The van der Waals surface area contributed by atoms with Gasteiger partial charge in [0.15, 0.2) is 0 Å². The molecule has 0 saturated carbocycles. The SMILES string of the molecule is CCNC(=O)NC(C)(C)CC(C)(C)C(C)C. The molecule has 0 spiro atoms. The predicted octanol–water partition coefficient (Wildman–Crippen LogP) is 3.16. The second kappa shape index (κ2) is 5.55. The minimum absolute atomic E-state index is 0.0768. The number of nitrogens with one attached hydrogen (secondary N) is 2. The van der Waals surface area contributed by atoms with E-state index in [2.05, 4.69) is 52.2 Å². The molecule has 0 bridgehead atoms. The number of hydrogen-bond donors (Lipinski definition) is 2. The molecule has 0 fully saturated rings. The van der Waals surface area contributed by atoms with Crippen LogP contribution >= 0.6 is 0 Å². The summed E-state index contributed by atoms with van der Waals surface area (Å²) in [6.07, 6.45) is 0.967. The van der Waals surface area contributed by atoms with E-state index < -0.39 is 0 Å². The largest absolute Gasteiger partial charge is 0.338 e. The molecule has 0 aliphatic rings. The lowest BCUT2D eigenvalue weighted by molar-refractivity contribution is 0.162. The molecule has 0 aromatic carbocycles. The van der Waals surface area contributed by atoms with Gasteiger partial charge in [0, 0.05) is 12.1 Å². The third-order valence-electron chi connectivity index (χ3n) is 3.25. The molecule has 0 aliphatic heterocycles. The summed E-state index contributed by atoms with van der Waals surface area (Å²) in [4.78, 5) is 11.5. The fourth-order valence-corrected chi connectivity index (χ4v) is 1.90. The number of urea groups is 1. The molecule has 0 aromatic rings. The van der Waals surface area contributed by atoms with Crippen LogP contribution < -0.4 is 10.6 Å². The van der Waals surface area contributed by atoms with Crippen molar-refractivity contribution in [3.8, 4) is 0 Å². The molecule has 16 heavy (non-hydrogen) atoms. The molecule has 3 heteroatoms. The predicted molar refractivity (Wildman–Crippen MR) is 69.5 cm³/mol. The van der Waals surface area contributed by atoms with E-state index in [4.69, 9.17) is 0 Å². The van der Waals surface area contributed by atoms with Crippen LogP contribution in [0, 0.1) is 11.3 Å². The highest BCUT2D eigenvalue weighted by atomic mass is 16.2.